The van der Waals surface area contributed by atoms with Crippen LogP contribution in [0.15, 0.2) is 11.6 Å². The molecule has 1 fully saturated rings. The van der Waals surface area contributed by atoms with Crippen LogP contribution in [0, 0.1) is 0 Å². The standard InChI is InChI=1S/C14H25ClN2O3/c1-10(15)8-17-6-7-19-12(9-17)11(2)16-13(18)20-14(3,4)5/h11-12H,1,6-9H2,2-5H3,(H,16,18). The Morgan fingerprint density at radius 2 is 2.25 bits per heavy atom. The van der Waals surface area contributed by atoms with Gasteiger partial charge in [0.2, 0.25) is 0 Å². The van der Waals surface area contributed by atoms with Gasteiger partial charge in [0.15, 0.2) is 0 Å². The van der Waals surface area contributed by atoms with Gasteiger partial charge in [-0.3, -0.25) is 4.90 Å². The summed E-state index contributed by atoms with van der Waals surface area (Å²) in [6.07, 6.45) is -0.500. The Kier molecular flexibility index (Phi) is 6.30. The minimum Gasteiger partial charge on any atom is -0.444 e. The fourth-order valence-corrected chi connectivity index (χ4v) is 2.18. The Labute approximate surface area is 126 Å². The van der Waals surface area contributed by atoms with Crippen molar-refractivity contribution >= 4 is 17.7 Å². The largest absolute Gasteiger partial charge is 0.444 e. The van der Waals surface area contributed by atoms with Crippen molar-refractivity contribution in [2.24, 2.45) is 0 Å². The molecule has 0 aromatic heterocycles. The van der Waals surface area contributed by atoms with Gasteiger partial charge in [-0.15, -0.1) is 0 Å². The van der Waals surface area contributed by atoms with Crippen LogP contribution < -0.4 is 5.32 Å². The van der Waals surface area contributed by atoms with E-state index in [1.807, 2.05) is 27.7 Å². The molecule has 1 N–H and O–H groups in total. The Morgan fingerprint density at radius 1 is 1.60 bits per heavy atom. The van der Waals surface area contributed by atoms with E-state index in [4.69, 9.17) is 21.1 Å². The molecule has 20 heavy (non-hydrogen) atoms. The monoisotopic (exact) mass is 304 g/mol. The Morgan fingerprint density at radius 3 is 2.80 bits per heavy atom. The molecule has 116 valence electrons. The molecule has 0 radical (unpaired) electrons. The van der Waals surface area contributed by atoms with Crippen molar-refractivity contribution in [3.8, 4) is 0 Å². The molecule has 0 aliphatic carbocycles. The summed E-state index contributed by atoms with van der Waals surface area (Å²) in [4.78, 5) is 13.9. The lowest BCUT2D eigenvalue weighted by Crippen LogP contribution is -2.53. The van der Waals surface area contributed by atoms with Crippen molar-refractivity contribution < 1.29 is 14.3 Å². The van der Waals surface area contributed by atoms with Crippen LogP contribution in [-0.2, 0) is 9.47 Å². The molecule has 0 saturated carbocycles. The quantitative estimate of drug-likeness (QED) is 0.866. The van der Waals surface area contributed by atoms with E-state index in [9.17, 15) is 4.79 Å². The van der Waals surface area contributed by atoms with E-state index in [0.29, 0.717) is 24.7 Å². The first-order chi connectivity index (χ1) is 9.17. The van der Waals surface area contributed by atoms with Crippen LogP contribution in [0.1, 0.15) is 27.7 Å². The summed E-state index contributed by atoms with van der Waals surface area (Å²) in [5.74, 6) is 0. The SMILES string of the molecule is C=C(Cl)CN1CCOC(C(C)NC(=O)OC(C)(C)C)C1. The lowest BCUT2D eigenvalue weighted by molar-refractivity contribution is -0.0418. The lowest BCUT2D eigenvalue weighted by atomic mass is 10.1. The maximum absolute atomic E-state index is 11.7. The van der Waals surface area contributed by atoms with Crippen LogP contribution in [0.2, 0.25) is 0 Å². The summed E-state index contributed by atoms with van der Waals surface area (Å²) >= 11 is 5.83. The number of amides is 1. The average molecular weight is 305 g/mol. The zero-order valence-corrected chi connectivity index (χ0v) is 13.5. The molecule has 1 amide bonds. The number of hydrogen-bond donors (Lipinski definition) is 1. The van der Waals surface area contributed by atoms with Gasteiger partial charge in [-0.2, -0.15) is 0 Å². The van der Waals surface area contributed by atoms with E-state index < -0.39 is 11.7 Å². The zero-order valence-electron chi connectivity index (χ0n) is 12.7. The van der Waals surface area contributed by atoms with E-state index in [1.165, 1.54) is 0 Å². The molecule has 0 aromatic carbocycles. The molecular weight excluding hydrogens is 280 g/mol. The maximum Gasteiger partial charge on any atom is 0.407 e. The normalized spacial score (nSPS) is 22.1. The van der Waals surface area contributed by atoms with E-state index >= 15 is 0 Å². The van der Waals surface area contributed by atoms with Gasteiger partial charge in [-0.25, -0.2) is 4.79 Å². The Bertz CT molecular complexity index is 355. The Hall–Kier alpha value is -0.780. The number of morpholine rings is 1. The van der Waals surface area contributed by atoms with Gasteiger partial charge < -0.3 is 14.8 Å². The number of hydrogen-bond acceptors (Lipinski definition) is 4. The van der Waals surface area contributed by atoms with Crippen LogP contribution in [0.3, 0.4) is 0 Å². The Balaban J connectivity index is 2.44. The third-order valence-corrected chi connectivity index (χ3v) is 2.99. The first kappa shape index (κ1) is 17.3. The van der Waals surface area contributed by atoms with Gasteiger partial charge in [0.05, 0.1) is 18.8 Å². The van der Waals surface area contributed by atoms with Gasteiger partial charge >= 0.3 is 6.09 Å². The first-order valence-electron chi connectivity index (χ1n) is 6.84. The summed E-state index contributed by atoms with van der Waals surface area (Å²) in [6, 6.07) is -0.128. The molecule has 5 nitrogen and oxygen atoms in total. The average Bonchev–Trinajstić information content (AvgIpc) is 2.25. The molecule has 0 spiro atoms. The van der Waals surface area contributed by atoms with Crippen LogP contribution in [0.4, 0.5) is 4.79 Å². The highest BCUT2D eigenvalue weighted by Crippen LogP contribution is 2.13. The van der Waals surface area contributed by atoms with Crippen molar-refractivity contribution in [2.45, 2.75) is 45.4 Å². The van der Waals surface area contributed by atoms with E-state index in [2.05, 4.69) is 16.8 Å². The van der Waals surface area contributed by atoms with Gasteiger partial charge in [0, 0.05) is 24.7 Å². The molecule has 2 unspecified atom stereocenters. The highest BCUT2D eigenvalue weighted by Gasteiger charge is 2.27. The molecule has 0 aromatic rings. The number of ether oxygens (including phenoxy) is 2. The van der Waals surface area contributed by atoms with Gasteiger partial charge in [0.25, 0.3) is 0 Å². The maximum atomic E-state index is 11.7. The molecule has 6 heteroatoms. The van der Waals surface area contributed by atoms with Gasteiger partial charge in [-0.05, 0) is 27.7 Å². The molecule has 1 saturated heterocycles. The summed E-state index contributed by atoms with van der Waals surface area (Å²) in [6.45, 7) is 13.9. The summed E-state index contributed by atoms with van der Waals surface area (Å²) in [7, 11) is 0. The fourth-order valence-electron chi connectivity index (χ4n) is 2.01. The highest BCUT2D eigenvalue weighted by molar-refractivity contribution is 6.29. The van der Waals surface area contributed by atoms with Gasteiger partial charge in [0.1, 0.15) is 5.60 Å². The van der Waals surface area contributed by atoms with Crippen molar-refractivity contribution in [1.29, 1.82) is 0 Å². The number of rotatable bonds is 4. The zero-order chi connectivity index (χ0) is 15.3. The molecular formula is C14H25ClN2O3. The third-order valence-electron chi connectivity index (χ3n) is 2.87. The highest BCUT2D eigenvalue weighted by atomic mass is 35.5. The molecule has 1 rings (SSSR count). The number of carbonyl (C=O) groups excluding carboxylic acids is 1. The minimum absolute atomic E-state index is 0.0766. The van der Waals surface area contributed by atoms with Crippen molar-refractivity contribution in [1.82, 2.24) is 10.2 Å². The van der Waals surface area contributed by atoms with E-state index in [-0.39, 0.29) is 12.1 Å². The molecule has 0 bridgehead atoms. The fraction of sp³-hybridized carbons (Fsp3) is 0.786. The van der Waals surface area contributed by atoms with E-state index in [1.54, 1.807) is 0 Å². The molecule has 1 heterocycles. The summed E-state index contributed by atoms with van der Waals surface area (Å²) < 4.78 is 10.9. The van der Waals surface area contributed by atoms with Crippen molar-refractivity contribution in [2.75, 3.05) is 26.2 Å². The van der Waals surface area contributed by atoms with E-state index in [0.717, 1.165) is 6.54 Å². The second-order valence-electron chi connectivity index (χ2n) is 6.10. The number of halogens is 1. The number of carbonyl (C=O) groups is 1. The van der Waals surface area contributed by atoms with Crippen molar-refractivity contribution in [3.05, 3.63) is 11.6 Å². The second-order valence-corrected chi connectivity index (χ2v) is 6.63. The predicted molar refractivity (Wildman–Crippen MR) is 80.0 cm³/mol. The van der Waals surface area contributed by atoms with Gasteiger partial charge in [-0.1, -0.05) is 18.2 Å². The van der Waals surface area contributed by atoms with Crippen molar-refractivity contribution in [3.63, 3.8) is 0 Å². The summed E-state index contributed by atoms with van der Waals surface area (Å²) in [5, 5.41) is 3.42. The molecule has 1 aliphatic rings. The topological polar surface area (TPSA) is 50.8 Å². The lowest BCUT2D eigenvalue weighted by Gasteiger charge is -2.36. The molecule has 1 aliphatic heterocycles. The predicted octanol–water partition coefficient (Wildman–Crippen LogP) is 2.35. The minimum atomic E-state index is -0.500. The number of alkyl carbamates (subject to hydrolysis) is 1. The van der Waals surface area contributed by atoms with Crippen LogP contribution in [-0.4, -0.2) is 55.0 Å². The third kappa shape index (κ3) is 6.59. The summed E-state index contributed by atoms with van der Waals surface area (Å²) in [5.41, 5.74) is -0.500. The number of nitrogens with zero attached hydrogens (tertiary/aromatic N) is 1. The first-order valence-corrected chi connectivity index (χ1v) is 7.22. The number of nitrogens with one attached hydrogen (secondary N) is 1. The second kappa shape index (κ2) is 7.29. The van der Waals surface area contributed by atoms with Crippen LogP contribution >= 0.6 is 11.6 Å². The smallest absolute Gasteiger partial charge is 0.407 e. The molecule has 2 atom stereocenters. The van der Waals surface area contributed by atoms with Crippen LogP contribution in [0.25, 0.3) is 0 Å². The van der Waals surface area contributed by atoms with Crippen LogP contribution in [0.5, 0.6) is 0 Å².